The number of carbonyl (C=O) groups is 2. The number of nitrogens with one attached hydrogen (secondary N) is 2. The van der Waals surface area contributed by atoms with E-state index < -0.39 is 5.97 Å². The van der Waals surface area contributed by atoms with Crippen LogP contribution < -0.4 is 5.32 Å². The van der Waals surface area contributed by atoms with Crippen LogP contribution in [-0.4, -0.2) is 22.0 Å². The van der Waals surface area contributed by atoms with Gasteiger partial charge in [0.2, 0.25) is 5.91 Å². The Morgan fingerprint density at radius 3 is 2.42 bits per heavy atom. The summed E-state index contributed by atoms with van der Waals surface area (Å²) in [6.07, 6.45) is 2.60. The van der Waals surface area contributed by atoms with Gasteiger partial charge in [0.05, 0.1) is 12.5 Å². The molecular weight excluding hydrogens is 448 g/mol. The maximum Gasteiger partial charge on any atom is 0.303 e. The molecule has 5 aromatic rings. The number of benzene rings is 4. The summed E-state index contributed by atoms with van der Waals surface area (Å²) in [6.45, 7) is 2.10. The van der Waals surface area contributed by atoms with Crippen LogP contribution in [0.3, 0.4) is 0 Å². The van der Waals surface area contributed by atoms with Crippen molar-refractivity contribution in [1.82, 2.24) is 10.3 Å². The Balaban J connectivity index is 1.44. The fraction of sp³-hybridized carbons (Fsp3) is 0.161. The Morgan fingerprint density at radius 1 is 0.889 bits per heavy atom. The van der Waals surface area contributed by atoms with E-state index in [0.717, 1.165) is 38.5 Å². The third-order valence-electron chi connectivity index (χ3n) is 6.73. The molecule has 1 unspecified atom stereocenters. The highest BCUT2D eigenvalue weighted by Gasteiger charge is 2.20. The number of hydrogen-bond acceptors (Lipinski definition) is 2. The van der Waals surface area contributed by atoms with Gasteiger partial charge in [0.1, 0.15) is 0 Å². The SMILES string of the molecule is Cc1ccc(C(NC(=O)Cc2ccc3[nH]cc(CCC(=O)O)c3c2)c2ccccc2)c2ccccc12. The van der Waals surface area contributed by atoms with Crippen molar-refractivity contribution in [3.63, 3.8) is 0 Å². The maximum absolute atomic E-state index is 13.4. The van der Waals surface area contributed by atoms with Gasteiger partial charge < -0.3 is 15.4 Å². The van der Waals surface area contributed by atoms with Gasteiger partial charge in [-0.3, -0.25) is 9.59 Å². The lowest BCUT2D eigenvalue weighted by Crippen LogP contribution is -2.30. The molecule has 1 aromatic heterocycles. The number of aromatic nitrogens is 1. The van der Waals surface area contributed by atoms with Gasteiger partial charge in [0.25, 0.3) is 0 Å². The number of fused-ring (bicyclic) bond motifs is 2. The van der Waals surface area contributed by atoms with Crippen LogP contribution in [0.25, 0.3) is 21.7 Å². The molecule has 0 fully saturated rings. The summed E-state index contributed by atoms with van der Waals surface area (Å²) < 4.78 is 0. The zero-order valence-corrected chi connectivity index (χ0v) is 20.1. The minimum absolute atomic E-state index is 0.0704. The lowest BCUT2D eigenvalue weighted by molar-refractivity contribution is -0.137. The van der Waals surface area contributed by atoms with Crippen molar-refractivity contribution in [1.29, 1.82) is 0 Å². The smallest absolute Gasteiger partial charge is 0.303 e. The van der Waals surface area contributed by atoms with Crippen molar-refractivity contribution >= 4 is 33.6 Å². The lowest BCUT2D eigenvalue weighted by atomic mass is 9.91. The number of hydrogen-bond donors (Lipinski definition) is 3. The highest BCUT2D eigenvalue weighted by molar-refractivity contribution is 5.90. The van der Waals surface area contributed by atoms with Crippen LogP contribution >= 0.6 is 0 Å². The average molecular weight is 477 g/mol. The van der Waals surface area contributed by atoms with E-state index in [2.05, 4.69) is 41.5 Å². The lowest BCUT2D eigenvalue weighted by Gasteiger charge is -2.22. The fourth-order valence-corrected chi connectivity index (χ4v) is 4.89. The topological polar surface area (TPSA) is 82.2 Å². The number of carboxylic acid groups (broad SMARTS) is 1. The molecule has 1 heterocycles. The van der Waals surface area contributed by atoms with E-state index in [9.17, 15) is 9.59 Å². The Bertz CT molecular complexity index is 1550. The molecule has 5 heteroatoms. The van der Waals surface area contributed by atoms with Crippen LogP contribution in [0.2, 0.25) is 0 Å². The van der Waals surface area contributed by atoms with E-state index in [1.165, 1.54) is 10.9 Å². The number of rotatable bonds is 8. The van der Waals surface area contributed by atoms with Crippen molar-refractivity contribution in [3.05, 3.63) is 119 Å². The monoisotopic (exact) mass is 476 g/mol. The molecule has 0 aliphatic rings. The molecule has 1 amide bonds. The summed E-state index contributed by atoms with van der Waals surface area (Å²) in [7, 11) is 0. The standard InChI is InChI=1S/C31H28N2O3/c1-20-11-14-26(25-10-6-5-9-24(20)25)31(22-7-3-2-4-8-22)33-29(34)18-21-12-15-28-27(17-21)23(19-32-28)13-16-30(35)36/h2-12,14-15,17,19,31-32H,13,16,18H2,1H3,(H,33,34)(H,35,36). The number of carboxylic acids is 1. The van der Waals surface area contributed by atoms with Crippen LogP contribution in [0.15, 0.2) is 91.1 Å². The van der Waals surface area contributed by atoms with Gasteiger partial charge in [-0.15, -0.1) is 0 Å². The zero-order valence-electron chi connectivity index (χ0n) is 20.1. The molecule has 5 nitrogen and oxygen atoms in total. The minimum Gasteiger partial charge on any atom is -0.481 e. The molecule has 0 spiro atoms. The molecule has 0 bridgehead atoms. The van der Waals surface area contributed by atoms with Crippen molar-refractivity contribution in [3.8, 4) is 0 Å². The van der Waals surface area contributed by atoms with Crippen molar-refractivity contribution in [2.45, 2.75) is 32.2 Å². The molecule has 0 saturated heterocycles. The first-order valence-electron chi connectivity index (χ1n) is 12.1. The largest absolute Gasteiger partial charge is 0.481 e. The molecule has 1 atom stereocenters. The summed E-state index contributed by atoms with van der Waals surface area (Å²) in [5.41, 5.74) is 6.06. The number of aliphatic carboxylic acids is 1. The molecule has 5 rings (SSSR count). The van der Waals surface area contributed by atoms with E-state index >= 15 is 0 Å². The first-order valence-corrected chi connectivity index (χ1v) is 12.1. The average Bonchev–Trinajstić information content (AvgIpc) is 3.29. The van der Waals surface area contributed by atoms with Crippen LogP contribution in [0.4, 0.5) is 0 Å². The Kier molecular flexibility index (Phi) is 6.54. The number of aryl methyl sites for hydroxylation is 2. The van der Waals surface area contributed by atoms with Crippen molar-refractivity contribution in [2.75, 3.05) is 0 Å². The second kappa shape index (κ2) is 10.1. The second-order valence-corrected chi connectivity index (χ2v) is 9.19. The highest BCUT2D eigenvalue weighted by Crippen LogP contribution is 2.31. The van der Waals surface area contributed by atoms with Gasteiger partial charge in [-0.1, -0.05) is 72.8 Å². The van der Waals surface area contributed by atoms with E-state index in [0.29, 0.717) is 6.42 Å². The molecule has 180 valence electrons. The fourth-order valence-electron chi connectivity index (χ4n) is 4.89. The molecule has 0 saturated carbocycles. The summed E-state index contributed by atoms with van der Waals surface area (Å²) in [5, 5.41) is 15.6. The zero-order chi connectivity index (χ0) is 25.1. The number of amides is 1. The predicted molar refractivity (Wildman–Crippen MR) is 143 cm³/mol. The second-order valence-electron chi connectivity index (χ2n) is 9.19. The first-order chi connectivity index (χ1) is 17.5. The van der Waals surface area contributed by atoms with Crippen LogP contribution in [0.1, 0.15) is 40.3 Å². The van der Waals surface area contributed by atoms with Gasteiger partial charge in [0.15, 0.2) is 0 Å². The summed E-state index contributed by atoms with van der Waals surface area (Å²) in [4.78, 5) is 27.6. The Hall–Kier alpha value is -4.38. The van der Waals surface area contributed by atoms with Gasteiger partial charge in [0, 0.05) is 23.5 Å². The van der Waals surface area contributed by atoms with E-state index in [1.54, 1.807) is 0 Å². The molecule has 0 aliphatic carbocycles. The molecular formula is C31H28N2O3. The highest BCUT2D eigenvalue weighted by atomic mass is 16.4. The van der Waals surface area contributed by atoms with Crippen LogP contribution in [0, 0.1) is 6.92 Å². The van der Waals surface area contributed by atoms with Crippen molar-refractivity contribution in [2.24, 2.45) is 0 Å². The van der Waals surface area contributed by atoms with Gasteiger partial charge >= 0.3 is 5.97 Å². The molecule has 36 heavy (non-hydrogen) atoms. The molecule has 4 aromatic carbocycles. The van der Waals surface area contributed by atoms with E-state index in [1.807, 2.05) is 66.9 Å². The Morgan fingerprint density at radius 2 is 1.64 bits per heavy atom. The van der Waals surface area contributed by atoms with Crippen molar-refractivity contribution < 1.29 is 14.7 Å². The van der Waals surface area contributed by atoms with Gasteiger partial charge in [-0.2, -0.15) is 0 Å². The summed E-state index contributed by atoms with van der Waals surface area (Å²) in [6, 6.07) is 28.1. The maximum atomic E-state index is 13.4. The quantitative estimate of drug-likeness (QED) is 0.253. The number of carbonyl (C=O) groups excluding carboxylic acids is 1. The molecule has 0 radical (unpaired) electrons. The minimum atomic E-state index is -0.824. The van der Waals surface area contributed by atoms with Crippen LogP contribution in [0.5, 0.6) is 0 Å². The van der Waals surface area contributed by atoms with E-state index in [4.69, 9.17) is 5.11 Å². The molecule has 0 aliphatic heterocycles. The normalized spacial score (nSPS) is 12.0. The van der Waals surface area contributed by atoms with Gasteiger partial charge in [-0.05, 0) is 64.1 Å². The number of H-pyrrole nitrogens is 1. The summed E-state index contributed by atoms with van der Waals surface area (Å²) >= 11 is 0. The summed E-state index contributed by atoms with van der Waals surface area (Å²) in [5.74, 6) is -0.897. The van der Waals surface area contributed by atoms with Crippen LogP contribution in [-0.2, 0) is 22.4 Å². The predicted octanol–water partition coefficient (Wildman–Crippen LogP) is 6.10. The molecule has 3 N–H and O–H groups in total. The van der Waals surface area contributed by atoms with E-state index in [-0.39, 0.29) is 24.8 Å². The number of aromatic amines is 1. The third-order valence-corrected chi connectivity index (χ3v) is 6.73. The first kappa shape index (κ1) is 23.4. The van der Waals surface area contributed by atoms with Gasteiger partial charge in [-0.25, -0.2) is 0 Å². The Labute approximate surface area is 209 Å². The third kappa shape index (κ3) is 4.86.